The highest BCUT2D eigenvalue weighted by atomic mass is 35.7. The van der Waals surface area contributed by atoms with Crippen molar-refractivity contribution in [3.63, 3.8) is 0 Å². The summed E-state index contributed by atoms with van der Waals surface area (Å²) in [5.74, 6) is 0. The summed E-state index contributed by atoms with van der Waals surface area (Å²) in [6.45, 7) is 6.11. The summed E-state index contributed by atoms with van der Waals surface area (Å²) in [7, 11) is -4.94. The topological polar surface area (TPSA) is 103 Å². The molecule has 4 aromatic carbocycles. The minimum Gasteiger partial charge on any atom is -0.335 e. The number of benzene rings is 4. The van der Waals surface area contributed by atoms with E-state index in [0.717, 1.165) is 52.9 Å². The van der Waals surface area contributed by atoms with Crippen molar-refractivity contribution < 1.29 is 33.4 Å². The van der Waals surface area contributed by atoms with Crippen LogP contribution in [-0.2, 0) is 6.54 Å². The maximum Gasteiger partial charge on any atom is 0.262 e. The summed E-state index contributed by atoms with van der Waals surface area (Å²) in [5.41, 5.74) is 8.42. The number of fused-ring (bicyclic) bond motifs is 2. The first-order chi connectivity index (χ1) is 24.6. The first-order valence-electron chi connectivity index (χ1n) is 16.3. The van der Waals surface area contributed by atoms with Gasteiger partial charge in [0.2, 0.25) is 5.52 Å². The van der Waals surface area contributed by atoms with E-state index in [-0.39, 0.29) is 0 Å². The summed E-state index contributed by atoms with van der Waals surface area (Å²) in [6.07, 6.45) is 11.1. The van der Waals surface area contributed by atoms with Gasteiger partial charge in [-0.15, -0.1) is 10.2 Å². The molecule has 0 bridgehead atoms. The Bertz CT molecular complexity index is 2100. The van der Waals surface area contributed by atoms with Crippen LogP contribution in [0.3, 0.4) is 0 Å². The Hall–Kier alpha value is -3.61. The molecule has 0 spiro atoms. The Labute approximate surface area is 318 Å². The minimum atomic E-state index is -4.94. The maximum absolute atomic E-state index is 8.49. The highest BCUT2D eigenvalue weighted by molar-refractivity contribution is 8.03. The smallest absolute Gasteiger partial charge is 0.262 e. The lowest BCUT2D eigenvalue weighted by Gasteiger charge is -2.28. The molecule has 5 aromatic rings. The fourth-order valence-electron chi connectivity index (χ4n) is 6.31. The van der Waals surface area contributed by atoms with Crippen molar-refractivity contribution in [2.45, 2.75) is 38.1 Å². The number of rotatable bonds is 8. The van der Waals surface area contributed by atoms with Gasteiger partial charge in [0.15, 0.2) is 0 Å². The zero-order valence-electron chi connectivity index (χ0n) is 27.8. The Morgan fingerprint density at radius 2 is 1.49 bits per heavy atom. The highest BCUT2D eigenvalue weighted by Gasteiger charge is 2.28. The van der Waals surface area contributed by atoms with Crippen molar-refractivity contribution in [1.82, 2.24) is 0 Å². The summed E-state index contributed by atoms with van der Waals surface area (Å²) in [6, 6.07) is 33.7. The Morgan fingerprint density at radius 3 is 2.12 bits per heavy atom. The summed E-state index contributed by atoms with van der Waals surface area (Å²) in [4.78, 5) is 6.01. The monoisotopic (exact) mass is 777 g/mol. The van der Waals surface area contributed by atoms with Crippen LogP contribution < -0.4 is 33.0 Å². The van der Waals surface area contributed by atoms with Crippen molar-refractivity contribution in [3.05, 3.63) is 152 Å². The SMILES string of the molecule is CCN1C(=CC=C2CCC(C=Cc3sc4cccc(Cl)c4[n+]3CC)=C2N(c2ccccc2)c2ccccc2)Sc2ccc(Cl)cc21.[O-][Cl+3]([O-])([O-])[O-]. The first kappa shape index (κ1) is 37.2. The number of aryl methyl sites for hydroxylation is 1. The molecule has 1 aliphatic heterocycles. The molecule has 0 unspecified atom stereocenters. The molecule has 0 radical (unpaired) electrons. The Balaban J connectivity index is 0.000000839. The van der Waals surface area contributed by atoms with Gasteiger partial charge in [-0.1, -0.05) is 94.8 Å². The van der Waals surface area contributed by atoms with Gasteiger partial charge in [0.1, 0.15) is 16.3 Å². The van der Waals surface area contributed by atoms with Crippen molar-refractivity contribution in [1.29, 1.82) is 0 Å². The summed E-state index contributed by atoms with van der Waals surface area (Å²) >= 11 is 16.7. The third-order valence-electron chi connectivity index (χ3n) is 8.40. The number of allylic oxidation sites excluding steroid dienone is 5. The quantitative estimate of drug-likeness (QED) is 0.156. The van der Waals surface area contributed by atoms with Gasteiger partial charge in [-0.05, 0) is 105 Å². The highest BCUT2D eigenvalue weighted by Crippen LogP contribution is 2.47. The average molecular weight is 779 g/mol. The van der Waals surface area contributed by atoms with Crippen molar-refractivity contribution >= 4 is 79.7 Å². The molecule has 7 rings (SSSR count). The molecular weight excluding hydrogens is 745 g/mol. The van der Waals surface area contributed by atoms with Crippen molar-refractivity contribution in [2.75, 3.05) is 16.3 Å². The van der Waals surface area contributed by atoms with E-state index in [1.165, 1.54) is 42.2 Å². The van der Waals surface area contributed by atoms with Gasteiger partial charge in [-0.2, -0.15) is 4.57 Å². The molecule has 12 heteroatoms. The molecule has 0 N–H and O–H groups in total. The van der Waals surface area contributed by atoms with Gasteiger partial charge in [0, 0.05) is 33.9 Å². The third-order valence-corrected chi connectivity index (χ3v) is 11.2. The van der Waals surface area contributed by atoms with E-state index in [1.54, 1.807) is 23.1 Å². The van der Waals surface area contributed by atoms with Crippen molar-refractivity contribution in [3.8, 4) is 0 Å². The third kappa shape index (κ3) is 8.72. The van der Waals surface area contributed by atoms with E-state index in [0.29, 0.717) is 0 Å². The normalized spacial score (nSPS) is 16.0. The van der Waals surface area contributed by atoms with Gasteiger partial charge in [0.05, 0.1) is 16.4 Å². The van der Waals surface area contributed by atoms with E-state index in [9.17, 15) is 0 Å². The molecule has 7 nitrogen and oxygen atoms in total. The van der Waals surface area contributed by atoms with Crippen LogP contribution in [0.5, 0.6) is 0 Å². The zero-order valence-corrected chi connectivity index (χ0v) is 31.7. The van der Waals surface area contributed by atoms with Gasteiger partial charge in [-0.25, -0.2) is 18.6 Å². The predicted octanol–water partition coefficient (Wildman–Crippen LogP) is 7.06. The van der Waals surface area contributed by atoms with E-state index in [1.807, 2.05) is 18.2 Å². The molecule has 0 fully saturated rings. The molecule has 1 aliphatic carbocycles. The lowest BCUT2D eigenvalue weighted by Crippen LogP contribution is -2.68. The van der Waals surface area contributed by atoms with Gasteiger partial charge >= 0.3 is 0 Å². The van der Waals surface area contributed by atoms with E-state index < -0.39 is 10.2 Å². The maximum atomic E-state index is 8.49. The van der Waals surface area contributed by atoms with Crippen LogP contribution in [0.2, 0.25) is 10.0 Å². The van der Waals surface area contributed by atoms with Gasteiger partial charge < -0.3 is 9.80 Å². The molecular formula is C39H34Cl3N3O4S2. The summed E-state index contributed by atoms with van der Waals surface area (Å²) in [5, 5.41) is 3.97. The van der Waals surface area contributed by atoms with Crippen LogP contribution >= 0.6 is 46.3 Å². The molecule has 2 heterocycles. The number of anilines is 3. The molecule has 2 aliphatic rings. The fraction of sp³-hybridized carbons (Fsp3) is 0.154. The number of hydrogen-bond donors (Lipinski definition) is 0. The molecule has 0 saturated carbocycles. The van der Waals surface area contributed by atoms with Crippen molar-refractivity contribution in [2.24, 2.45) is 0 Å². The summed E-state index contributed by atoms with van der Waals surface area (Å²) < 4.78 is 37.5. The first-order valence-corrected chi connectivity index (χ1v) is 19.9. The second-order valence-electron chi connectivity index (χ2n) is 11.5. The van der Waals surface area contributed by atoms with Crippen LogP contribution in [0.1, 0.15) is 31.7 Å². The van der Waals surface area contributed by atoms with Crippen LogP contribution in [0.4, 0.5) is 17.1 Å². The number of thioether (sulfide) groups is 1. The van der Waals surface area contributed by atoms with Gasteiger partial charge in [-0.3, -0.25) is 0 Å². The second kappa shape index (κ2) is 16.4. The van der Waals surface area contributed by atoms with Gasteiger partial charge in [0.25, 0.3) is 5.01 Å². The number of thiazole rings is 1. The number of para-hydroxylation sites is 3. The fourth-order valence-corrected chi connectivity index (χ4v) is 9.07. The molecule has 262 valence electrons. The Kier molecular flexibility index (Phi) is 11.9. The minimum absolute atomic E-state index is 0.765. The number of hydrogen-bond acceptors (Lipinski definition) is 8. The van der Waals surface area contributed by atoms with E-state index in [4.69, 9.17) is 41.8 Å². The largest absolute Gasteiger partial charge is 0.335 e. The zero-order chi connectivity index (χ0) is 36.1. The van der Waals surface area contributed by atoms with E-state index in [2.05, 4.69) is 131 Å². The lowest BCUT2D eigenvalue weighted by molar-refractivity contribution is -2.00. The van der Waals surface area contributed by atoms with Crippen LogP contribution in [0.15, 0.2) is 142 Å². The van der Waals surface area contributed by atoms with Crippen LogP contribution in [-0.4, -0.2) is 6.54 Å². The number of halogens is 3. The average Bonchev–Trinajstić information content (AvgIpc) is 3.79. The second-order valence-corrected chi connectivity index (χ2v) is 15.2. The van der Waals surface area contributed by atoms with E-state index >= 15 is 0 Å². The number of aromatic nitrogens is 1. The van der Waals surface area contributed by atoms with Crippen LogP contribution in [0, 0.1) is 10.2 Å². The Morgan fingerprint density at radius 1 is 0.824 bits per heavy atom. The molecule has 0 amide bonds. The standard InChI is InChI=1S/C39H34Cl2N3S2.ClHO4/c1-3-42-33-26-29(40)22-23-34(33)45-36(42)24-20-27-18-19-28(21-25-37-43(4-2)39-32(41)16-11-17-35(39)46-37)38(27)44(30-12-7-5-8-13-30)31-14-9-6-10-15-31;2-1(3,4)5/h5-17,20-26H,3-4,18-19H2,1-2H3;(H,2,3,4,5)/q+1;/p-1. The number of nitrogens with zero attached hydrogens (tertiary/aromatic N) is 3. The molecule has 1 aromatic heterocycles. The van der Waals surface area contributed by atoms with Crippen LogP contribution in [0.25, 0.3) is 16.3 Å². The molecule has 51 heavy (non-hydrogen) atoms. The molecule has 0 atom stereocenters. The molecule has 0 saturated heterocycles. The lowest BCUT2D eigenvalue weighted by atomic mass is 10.1. The predicted molar refractivity (Wildman–Crippen MR) is 200 cm³/mol.